The summed E-state index contributed by atoms with van der Waals surface area (Å²) in [4.78, 5) is 12.1. The summed E-state index contributed by atoms with van der Waals surface area (Å²) < 4.78 is 1.87. The molecule has 6 heteroatoms. The highest BCUT2D eigenvalue weighted by Crippen LogP contribution is 2.33. The second-order valence-electron chi connectivity index (χ2n) is 4.96. The number of nitrogens with two attached hydrogens (primary N) is 1. The van der Waals surface area contributed by atoms with Crippen LogP contribution in [0.2, 0.25) is 0 Å². The van der Waals surface area contributed by atoms with Gasteiger partial charge in [0.2, 0.25) is 0 Å². The fraction of sp³-hybridized carbons (Fsp3) is 0.538. The molecule has 2 rings (SSSR count). The Morgan fingerprint density at radius 2 is 2.26 bits per heavy atom. The van der Waals surface area contributed by atoms with Crippen LogP contribution in [0.3, 0.4) is 0 Å². The maximum atomic E-state index is 12.1. The van der Waals surface area contributed by atoms with Gasteiger partial charge >= 0.3 is 0 Å². The zero-order valence-electron chi connectivity index (χ0n) is 10.9. The molecule has 0 radical (unpaired) electrons. The van der Waals surface area contributed by atoms with Gasteiger partial charge in [-0.25, -0.2) is 4.68 Å². The van der Waals surface area contributed by atoms with E-state index in [1.165, 1.54) is 17.5 Å². The lowest BCUT2D eigenvalue weighted by molar-refractivity contribution is 0.491. The maximum Gasteiger partial charge on any atom is 0.283 e. The van der Waals surface area contributed by atoms with Crippen molar-refractivity contribution in [3.8, 4) is 0 Å². The van der Waals surface area contributed by atoms with E-state index in [0.717, 1.165) is 18.5 Å². The summed E-state index contributed by atoms with van der Waals surface area (Å²) in [6.07, 6.45) is 7.72. The molecule has 19 heavy (non-hydrogen) atoms. The maximum absolute atomic E-state index is 12.1. The van der Waals surface area contributed by atoms with E-state index in [4.69, 9.17) is 5.73 Å². The van der Waals surface area contributed by atoms with E-state index in [-0.39, 0.29) is 11.1 Å². The topological polar surface area (TPSA) is 72.9 Å². The van der Waals surface area contributed by atoms with Crippen LogP contribution < -0.4 is 16.6 Å². The molecule has 0 aromatic carbocycles. The molecule has 0 aliphatic heterocycles. The van der Waals surface area contributed by atoms with Gasteiger partial charge in [-0.1, -0.05) is 18.9 Å². The largest absolute Gasteiger partial charge is 0.376 e. The molecule has 5 nitrogen and oxygen atoms in total. The fourth-order valence-corrected chi connectivity index (χ4v) is 2.93. The van der Waals surface area contributed by atoms with Gasteiger partial charge in [-0.2, -0.15) is 5.10 Å². The average Bonchev–Trinajstić information content (AvgIpc) is 2.88. The molecule has 0 bridgehead atoms. The highest BCUT2D eigenvalue weighted by Gasteiger charge is 2.33. The van der Waals surface area contributed by atoms with Crippen LogP contribution in [0.1, 0.15) is 25.7 Å². The van der Waals surface area contributed by atoms with Crippen molar-refractivity contribution in [1.29, 1.82) is 0 Å². The Balaban J connectivity index is 2.28. The fourth-order valence-electron chi connectivity index (χ4n) is 2.52. The van der Waals surface area contributed by atoms with Gasteiger partial charge in [0.25, 0.3) is 5.56 Å². The van der Waals surface area contributed by atoms with Crippen LogP contribution in [0.25, 0.3) is 0 Å². The zero-order valence-corrected chi connectivity index (χ0v) is 12.4. The first-order chi connectivity index (χ1) is 9.12. The quantitative estimate of drug-likeness (QED) is 0.810. The first kappa shape index (κ1) is 14.3. The second kappa shape index (κ2) is 5.88. The van der Waals surface area contributed by atoms with Crippen molar-refractivity contribution in [2.24, 2.45) is 5.73 Å². The van der Waals surface area contributed by atoms with Crippen molar-refractivity contribution >= 4 is 21.6 Å². The number of hydrogen-bond acceptors (Lipinski definition) is 4. The second-order valence-corrected chi connectivity index (χ2v) is 5.76. The van der Waals surface area contributed by atoms with Crippen molar-refractivity contribution in [3.63, 3.8) is 0 Å². The van der Waals surface area contributed by atoms with Gasteiger partial charge in [0.1, 0.15) is 4.47 Å². The average molecular weight is 327 g/mol. The summed E-state index contributed by atoms with van der Waals surface area (Å²) in [7, 11) is 0. The molecule has 1 aliphatic carbocycles. The van der Waals surface area contributed by atoms with E-state index in [0.29, 0.717) is 17.6 Å². The smallest absolute Gasteiger partial charge is 0.283 e. The highest BCUT2D eigenvalue weighted by atomic mass is 79.9. The van der Waals surface area contributed by atoms with Gasteiger partial charge in [-0.15, -0.1) is 6.58 Å². The van der Waals surface area contributed by atoms with E-state index in [1.54, 1.807) is 12.3 Å². The third-order valence-electron chi connectivity index (χ3n) is 3.64. The van der Waals surface area contributed by atoms with Crippen LogP contribution in [0.4, 0.5) is 5.69 Å². The Morgan fingerprint density at radius 1 is 1.58 bits per heavy atom. The van der Waals surface area contributed by atoms with Crippen LogP contribution in [-0.2, 0) is 6.54 Å². The zero-order chi connectivity index (χ0) is 13.9. The lowest BCUT2D eigenvalue weighted by atomic mass is 9.97. The van der Waals surface area contributed by atoms with Crippen molar-refractivity contribution in [1.82, 2.24) is 9.78 Å². The summed E-state index contributed by atoms with van der Waals surface area (Å²) in [5.74, 6) is 0. The summed E-state index contributed by atoms with van der Waals surface area (Å²) in [5, 5.41) is 7.54. The van der Waals surface area contributed by atoms with E-state index < -0.39 is 0 Å². The van der Waals surface area contributed by atoms with Crippen molar-refractivity contribution < 1.29 is 0 Å². The molecular formula is C13H19BrN4O. The monoisotopic (exact) mass is 326 g/mol. The van der Waals surface area contributed by atoms with E-state index in [2.05, 4.69) is 32.9 Å². The van der Waals surface area contributed by atoms with Crippen LogP contribution >= 0.6 is 15.9 Å². The van der Waals surface area contributed by atoms with Crippen molar-refractivity contribution in [2.75, 3.05) is 11.9 Å². The molecule has 0 amide bonds. The molecule has 3 N–H and O–H groups in total. The van der Waals surface area contributed by atoms with Gasteiger partial charge in [0.05, 0.1) is 18.4 Å². The number of allylic oxidation sites excluding steroid dienone is 1. The van der Waals surface area contributed by atoms with Crippen LogP contribution in [-0.4, -0.2) is 21.9 Å². The Hall–Kier alpha value is -1.14. The first-order valence-corrected chi connectivity index (χ1v) is 7.26. The van der Waals surface area contributed by atoms with E-state index in [1.807, 2.05) is 0 Å². The van der Waals surface area contributed by atoms with Crippen LogP contribution in [0.15, 0.2) is 28.1 Å². The van der Waals surface area contributed by atoms with Gasteiger partial charge in [0, 0.05) is 12.1 Å². The molecule has 0 spiro atoms. The molecule has 0 saturated heterocycles. The first-order valence-electron chi connectivity index (χ1n) is 6.47. The molecular weight excluding hydrogens is 308 g/mol. The molecule has 1 aliphatic rings. The molecule has 1 aromatic heterocycles. The Kier molecular flexibility index (Phi) is 4.42. The minimum absolute atomic E-state index is 0.0960. The van der Waals surface area contributed by atoms with Crippen molar-refractivity contribution in [2.45, 2.75) is 37.8 Å². The third-order valence-corrected chi connectivity index (χ3v) is 4.40. The van der Waals surface area contributed by atoms with Crippen LogP contribution in [0, 0.1) is 0 Å². The molecule has 104 valence electrons. The number of rotatable bonds is 5. The predicted octanol–water partition coefficient (Wildman–Crippen LogP) is 1.88. The van der Waals surface area contributed by atoms with Gasteiger partial charge < -0.3 is 11.1 Å². The van der Waals surface area contributed by atoms with E-state index >= 15 is 0 Å². The predicted molar refractivity (Wildman–Crippen MR) is 80.3 cm³/mol. The lowest BCUT2D eigenvalue weighted by Gasteiger charge is -2.30. The minimum atomic E-state index is -0.157. The molecule has 0 atom stereocenters. The van der Waals surface area contributed by atoms with E-state index in [9.17, 15) is 4.79 Å². The standard InChI is InChI=1S/C13H19BrN4O/c1-2-7-18-12(19)11(14)10(8-16-18)17-13(9-15)5-3-4-6-13/h2,8,17H,1,3-7,9,15H2. The molecule has 1 heterocycles. The van der Waals surface area contributed by atoms with Crippen LogP contribution in [0.5, 0.6) is 0 Å². The summed E-state index contributed by atoms with van der Waals surface area (Å²) in [5.41, 5.74) is 6.35. The van der Waals surface area contributed by atoms with Gasteiger partial charge in [-0.05, 0) is 28.8 Å². The molecule has 1 saturated carbocycles. The normalized spacial score (nSPS) is 17.4. The summed E-state index contributed by atoms with van der Waals surface area (Å²) in [6.45, 7) is 4.58. The van der Waals surface area contributed by atoms with Gasteiger partial charge in [-0.3, -0.25) is 4.79 Å². The number of nitrogens with zero attached hydrogens (tertiary/aromatic N) is 2. The minimum Gasteiger partial charge on any atom is -0.376 e. The number of halogens is 1. The Labute approximate surface area is 121 Å². The van der Waals surface area contributed by atoms with Gasteiger partial charge in [0.15, 0.2) is 0 Å². The highest BCUT2D eigenvalue weighted by molar-refractivity contribution is 9.10. The Morgan fingerprint density at radius 3 is 2.84 bits per heavy atom. The molecule has 1 aromatic rings. The lowest BCUT2D eigenvalue weighted by Crippen LogP contribution is -2.43. The number of aromatic nitrogens is 2. The molecule has 1 fully saturated rings. The van der Waals surface area contributed by atoms with Crippen molar-refractivity contribution in [3.05, 3.63) is 33.7 Å². The summed E-state index contributed by atoms with van der Waals surface area (Å²) >= 11 is 3.35. The third kappa shape index (κ3) is 2.90. The molecule has 0 unspecified atom stereocenters. The number of nitrogens with one attached hydrogen (secondary N) is 1. The summed E-state index contributed by atoms with van der Waals surface area (Å²) in [6, 6.07) is 0. The Bertz CT molecular complexity index is 520. The number of hydrogen-bond donors (Lipinski definition) is 2. The number of anilines is 1. The SMILES string of the molecule is C=CCn1ncc(NC2(CN)CCCC2)c(Br)c1=O.